The second-order valence-corrected chi connectivity index (χ2v) is 8.42. The van der Waals surface area contributed by atoms with Crippen molar-refractivity contribution in [2.24, 2.45) is 0 Å². The number of fused-ring (bicyclic) bond motifs is 2. The van der Waals surface area contributed by atoms with Gasteiger partial charge in [0.1, 0.15) is 23.6 Å². The van der Waals surface area contributed by atoms with E-state index in [-0.39, 0.29) is 30.7 Å². The van der Waals surface area contributed by atoms with Crippen LogP contribution < -0.4 is 10.1 Å². The normalized spacial score (nSPS) is 17.4. The molecule has 1 atom stereocenters. The molecule has 3 aromatic heterocycles. The maximum Gasteiger partial charge on any atom is 0.286 e. The van der Waals surface area contributed by atoms with Crippen molar-refractivity contribution in [3.05, 3.63) is 30.5 Å². The molecular weight excluding hydrogens is 484 g/mol. The molecule has 10 nitrogen and oxygen atoms in total. The number of nitrogens with zero attached hydrogens (tertiary/aromatic N) is 7. The molecule has 0 spiro atoms. The Morgan fingerprint density at radius 3 is 2.83 bits per heavy atom. The SMILES string of the molecule is CCC(=O)N1CC(Nc2nc(OC)c3c(-c4ccc5nnn(CC(F)F)c5c4)ccn3n2)C(F)(F)C1. The van der Waals surface area contributed by atoms with E-state index in [0.717, 1.165) is 9.58 Å². The number of hydrogen-bond donors (Lipinski definition) is 1. The Morgan fingerprint density at radius 2 is 2.11 bits per heavy atom. The highest BCUT2D eigenvalue weighted by Crippen LogP contribution is 2.34. The molecule has 0 aliphatic carbocycles. The van der Waals surface area contributed by atoms with Crippen molar-refractivity contribution >= 4 is 28.4 Å². The third kappa shape index (κ3) is 4.16. The first kappa shape index (κ1) is 23.8. The summed E-state index contributed by atoms with van der Waals surface area (Å²) in [6.07, 6.45) is -0.845. The molecule has 4 aromatic rings. The standard InChI is InChI=1S/C22H22F4N8O2/c1-3-18(35)32-9-16(22(25,26)11-32)27-21-28-20(36-2)19-13(6-7-33(19)30-21)12-4-5-14-15(8-12)34(31-29-14)10-17(23)24/h4-8,16-17H,3,9-11H2,1-2H3,(H,27,30). The number of benzene rings is 1. The Bertz CT molecular complexity index is 1440. The van der Waals surface area contributed by atoms with Crippen molar-refractivity contribution in [3.63, 3.8) is 0 Å². The van der Waals surface area contributed by atoms with Crippen molar-refractivity contribution in [2.45, 2.75) is 38.3 Å². The van der Waals surface area contributed by atoms with Gasteiger partial charge in [-0.15, -0.1) is 10.2 Å². The van der Waals surface area contributed by atoms with Crippen molar-refractivity contribution in [1.82, 2.24) is 34.5 Å². The van der Waals surface area contributed by atoms with Gasteiger partial charge in [-0.25, -0.2) is 26.8 Å². The van der Waals surface area contributed by atoms with Gasteiger partial charge in [-0.2, -0.15) is 4.98 Å². The Kier molecular flexibility index (Phi) is 5.88. The molecule has 1 aromatic carbocycles. The summed E-state index contributed by atoms with van der Waals surface area (Å²) in [7, 11) is 1.39. The summed E-state index contributed by atoms with van der Waals surface area (Å²) in [5.74, 6) is -3.49. The number of amides is 1. The zero-order valence-electron chi connectivity index (χ0n) is 19.3. The summed E-state index contributed by atoms with van der Waals surface area (Å²) in [5.41, 5.74) is 2.64. The highest BCUT2D eigenvalue weighted by Gasteiger charge is 2.49. The Labute approximate surface area is 201 Å². The quantitative estimate of drug-likeness (QED) is 0.385. The molecule has 1 unspecified atom stereocenters. The highest BCUT2D eigenvalue weighted by molar-refractivity contribution is 5.89. The Balaban J connectivity index is 1.49. The fourth-order valence-corrected chi connectivity index (χ4v) is 4.33. The molecule has 1 aliphatic heterocycles. The van der Waals surface area contributed by atoms with Crippen LogP contribution in [0.15, 0.2) is 30.5 Å². The van der Waals surface area contributed by atoms with Gasteiger partial charge in [0, 0.05) is 24.7 Å². The predicted molar refractivity (Wildman–Crippen MR) is 121 cm³/mol. The van der Waals surface area contributed by atoms with Crippen LogP contribution in [0.5, 0.6) is 5.88 Å². The lowest BCUT2D eigenvalue weighted by molar-refractivity contribution is -0.131. The summed E-state index contributed by atoms with van der Waals surface area (Å²) in [4.78, 5) is 17.3. The maximum absolute atomic E-state index is 14.6. The minimum atomic E-state index is -3.16. The van der Waals surface area contributed by atoms with Crippen LogP contribution in [0.4, 0.5) is 23.5 Å². The fraction of sp³-hybridized carbons (Fsp3) is 0.409. The molecule has 0 saturated carbocycles. The van der Waals surface area contributed by atoms with Crippen LogP contribution in [0.3, 0.4) is 0 Å². The minimum absolute atomic E-state index is 0.0911. The Hall–Kier alpha value is -3.97. The highest BCUT2D eigenvalue weighted by atomic mass is 19.3. The number of carbonyl (C=O) groups excluding carboxylic acids is 1. The van der Waals surface area contributed by atoms with E-state index in [1.165, 1.54) is 11.6 Å². The van der Waals surface area contributed by atoms with E-state index in [2.05, 4.69) is 25.7 Å². The number of alkyl halides is 4. The first-order valence-electron chi connectivity index (χ1n) is 11.2. The van der Waals surface area contributed by atoms with Gasteiger partial charge in [0.15, 0.2) is 0 Å². The average Bonchev–Trinajstić information content (AvgIpc) is 3.53. The Morgan fingerprint density at radius 1 is 1.31 bits per heavy atom. The number of halogens is 4. The summed E-state index contributed by atoms with van der Waals surface area (Å²) in [5, 5.41) is 14.7. The number of methoxy groups -OCH3 is 1. The predicted octanol–water partition coefficient (Wildman–Crippen LogP) is 3.08. The summed E-state index contributed by atoms with van der Waals surface area (Å²) >= 11 is 0. The lowest BCUT2D eigenvalue weighted by atomic mass is 10.1. The van der Waals surface area contributed by atoms with Gasteiger partial charge < -0.3 is 15.0 Å². The van der Waals surface area contributed by atoms with Gasteiger partial charge in [-0.1, -0.05) is 18.2 Å². The summed E-state index contributed by atoms with van der Waals surface area (Å²) < 4.78 is 63.0. The van der Waals surface area contributed by atoms with E-state index in [0.29, 0.717) is 27.7 Å². The van der Waals surface area contributed by atoms with Gasteiger partial charge in [0.05, 0.1) is 19.2 Å². The first-order chi connectivity index (χ1) is 17.2. The molecule has 4 heterocycles. The largest absolute Gasteiger partial charge is 0.479 e. The molecule has 1 fully saturated rings. The number of rotatable bonds is 7. The van der Waals surface area contributed by atoms with Gasteiger partial charge in [-0.3, -0.25) is 4.79 Å². The molecule has 5 rings (SSSR count). The third-order valence-electron chi connectivity index (χ3n) is 6.08. The number of likely N-dealkylation sites (tertiary alicyclic amines) is 1. The van der Waals surface area contributed by atoms with E-state index < -0.39 is 31.5 Å². The van der Waals surface area contributed by atoms with E-state index in [4.69, 9.17) is 4.74 Å². The van der Waals surface area contributed by atoms with Gasteiger partial charge in [0.25, 0.3) is 12.3 Å². The first-order valence-corrected chi connectivity index (χ1v) is 11.2. The molecule has 14 heteroatoms. The minimum Gasteiger partial charge on any atom is -0.479 e. The van der Waals surface area contributed by atoms with Gasteiger partial charge >= 0.3 is 0 Å². The van der Waals surface area contributed by atoms with E-state index in [1.54, 1.807) is 37.4 Å². The van der Waals surface area contributed by atoms with Crippen molar-refractivity contribution in [3.8, 4) is 17.0 Å². The van der Waals surface area contributed by atoms with Gasteiger partial charge in [0.2, 0.25) is 17.7 Å². The molecule has 1 saturated heterocycles. The van der Waals surface area contributed by atoms with E-state index in [9.17, 15) is 22.4 Å². The average molecular weight is 506 g/mol. The number of nitrogens with one attached hydrogen (secondary N) is 1. The van der Waals surface area contributed by atoms with Crippen LogP contribution in [0.2, 0.25) is 0 Å². The van der Waals surface area contributed by atoms with Crippen LogP contribution in [-0.2, 0) is 11.3 Å². The third-order valence-corrected chi connectivity index (χ3v) is 6.08. The van der Waals surface area contributed by atoms with Crippen LogP contribution in [0.25, 0.3) is 27.7 Å². The van der Waals surface area contributed by atoms with Crippen molar-refractivity contribution in [1.29, 1.82) is 0 Å². The lowest BCUT2D eigenvalue weighted by Crippen LogP contribution is -2.38. The second-order valence-electron chi connectivity index (χ2n) is 8.42. The molecule has 1 amide bonds. The number of hydrogen-bond acceptors (Lipinski definition) is 7. The number of ether oxygens (including phenoxy) is 1. The van der Waals surface area contributed by atoms with Gasteiger partial charge in [-0.05, 0) is 23.8 Å². The maximum atomic E-state index is 14.6. The van der Waals surface area contributed by atoms with Crippen LogP contribution in [0.1, 0.15) is 13.3 Å². The zero-order chi connectivity index (χ0) is 25.6. The monoisotopic (exact) mass is 506 g/mol. The van der Waals surface area contributed by atoms with Crippen LogP contribution in [-0.4, -0.2) is 79.0 Å². The molecule has 36 heavy (non-hydrogen) atoms. The van der Waals surface area contributed by atoms with E-state index >= 15 is 0 Å². The molecular formula is C22H22F4N8O2. The van der Waals surface area contributed by atoms with Crippen molar-refractivity contribution < 1.29 is 27.1 Å². The fourth-order valence-electron chi connectivity index (χ4n) is 4.33. The van der Waals surface area contributed by atoms with E-state index in [1.807, 2.05) is 0 Å². The lowest BCUT2D eigenvalue weighted by Gasteiger charge is -2.19. The molecule has 190 valence electrons. The van der Waals surface area contributed by atoms with Crippen LogP contribution in [0, 0.1) is 0 Å². The molecule has 1 N–H and O–H groups in total. The topological polar surface area (TPSA) is 102 Å². The zero-order valence-corrected chi connectivity index (χ0v) is 19.3. The van der Waals surface area contributed by atoms with Crippen molar-refractivity contribution in [2.75, 3.05) is 25.5 Å². The number of carbonyl (C=O) groups is 1. The molecule has 1 aliphatic rings. The number of anilines is 1. The molecule has 0 bridgehead atoms. The van der Waals surface area contributed by atoms with Crippen LogP contribution >= 0.6 is 0 Å². The number of aromatic nitrogens is 6. The smallest absolute Gasteiger partial charge is 0.286 e. The summed E-state index contributed by atoms with van der Waals surface area (Å²) in [6, 6.07) is 5.46. The summed E-state index contributed by atoms with van der Waals surface area (Å²) in [6.45, 7) is 0.170. The molecule has 0 radical (unpaired) electrons. The second kappa shape index (κ2) is 8.91.